The van der Waals surface area contributed by atoms with E-state index in [2.05, 4.69) is 4.98 Å². The zero-order chi connectivity index (χ0) is 17.1. The molecule has 2 aliphatic rings. The van der Waals surface area contributed by atoms with E-state index < -0.39 is 5.97 Å². The summed E-state index contributed by atoms with van der Waals surface area (Å²) in [6.07, 6.45) is 3.64. The van der Waals surface area contributed by atoms with Crippen molar-refractivity contribution in [3.05, 3.63) is 65.0 Å². The molecule has 122 valence electrons. The van der Waals surface area contributed by atoms with Gasteiger partial charge in [-0.3, -0.25) is 14.1 Å². The zero-order valence-corrected chi connectivity index (χ0v) is 13.6. The minimum Gasteiger partial charge on any atom is -0.477 e. The number of benzene rings is 1. The molecule has 2 aliphatic heterocycles. The van der Waals surface area contributed by atoms with Gasteiger partial charge in [0.05, 0.1) is 16.8 Å². The van der Waals surface area contributed by atoms with Gasteiger partial charge in [0.2, 0.25) is 0 Å². The molecule has 1 N–H and O–H groups in total. The third kappa shape index (κ3) is 1.96. The molecule has 6 nitrogen and oxygen atoms in total. The Hall–Kier alpha value is -3.06. The SMILES string of the molecule is O=C(O)C1=CS[C@@H]2C(=Cc3cn4c(ccc5ccccc54)n3)C(=O)N12. The Bertz CT molecular complexity index is 1140. The molecule has 1 amide bonds. The van der Waals surface area contributed by atoms with Crippen LogP contribution in [0.25, 0.3) is 22.6 Å². The van der Waals surface area contributed by atoms with Gasteiger partial charge in [-0.2, -0.15) is 0 Å². The molecule has 1 aromatic carbocycles. The molecule has 0 unspecified atom stereocenters. The normalized spacial score (nSPS) is 20.9. The molecular weight excluding hydrogens is 338 g/mol. The van der Waals surface area contributed by atoms with Gasteiger partial charge in [0, 0.05) is 11.6 Å². The maximum absolute atomic E-state index is 12.3. The number of fused-ring (bicyclic) bond motifs is 4. The van der Waals surface area contributed by atoms with Gasteiger partial charge in [-0.15, -0.1) is 11.8 Å². The van der Waals surface area contributed by atoms with Gasteiger partial charge in [0.15, 0.2) is 0 Å². The van der Waals surface area contributed by atoms with E-state index in [0.717, 1.165) is 16.6 Å². The number of amides is 1. The van der Waals surface area contributed by atoms with Crippen molar-refractivity contribution < 1.29 is 14.7 Å². The highest BCUT2D eigenvalue weighted by Gasteiger charge is 2.49. The van der Waals surface area contributed by atoms with Crippen molar-refractivity contribution in [1.82, 2.24) is 14.3 Å². The summed E-state index contributed by atoms with van der Waals surface area (Å²) in [5.41, 5.74) is 3.15. The van der Waals surface area contributed by atoms with Gasteiger partial charge >= 0.3 is 5.97 Å². The Balaban J connectivity index is 1.55. The zero-order valence-electron chi connectivity index (χ0n) is 12.8. The molecule has 0 saturated carbocycles. The van der Waals surface area contributed by atoms with Gasteiger partial charge in [-0.1, -0.05) is 18.2 Å². The second kappa shape index (κ2) is 4.97. The fourth-order valence-electron chi connectivity index (χ4n) is 3.23. The van der Waals surface area contributed by atoms with Crippen molar-refractivity contribution in [3.8, 4) is 0 Å². The van der Waals surface area contributed by atoms with Crippen molar-refractivity contribution in [2.45, 2.75) is 5.37 Å². The molecule has 7 heteroatoms. The van der Waals surface area contributed by atoms with Crippen LogP contribution in [0.1, 0.15) is 5.69 Å². The minimum atomic E-state index is -1.08. The predicted molar refractivity (Wildman–Crippen MR) is 94.6 cm³/mol. The number of thioether (sulfide) groups is 1. The number of aromatic nitrogens is 2. The third-order valence-corrected chi connectivity index (χ3v) is 5.50. The Labute approximate surface area is 146 Å². The second-order valence-electron chi connectivity index (χ2n) is 5.86. The van der Waals surface area contributed by atoms with Crippen LogP contribution in [-0.4, -0.2) is 36.6 Å². The predicted octanol–water partition coefficient (Wildman–Crippen LogP) is 2.71. The molecule has 1 atom stereocenters. The van der Waals surface area contributed by atoms with Crippen molar-refractivity contribution >= 4 is 46.3 Å². The summed E-state index contributed by atoms with van der Waals surface area (Å²) in [5, 5.41) is 11.5. The topological polar surface area (TPSA) is 74.9 Å². The van der Waals surface area contributed by atoms with Crippen LogP contribution in [0.15, 0.2) is 59.3 Å². The summed E-state index contributed by atoms with van der Waals surface area (Å²) in [6.45, 7) is 0. The quantitative estimate of drug-likeness (QED) is 0.569. The summed E-state index contributed by atoms with van der Waals surface area (Å²) < 4.78 is 1.99. The number of para-hydroxylation sites is 1. The van der Waals surface area contributed by atoms with E-state index in [4.69, 9.17) is 5.11 Å². The molecule has 0 aliphatic carbocycles. The van der Waals surface area contributed by atoms with Gasteiger partial charge in [-0.25, -0.2) is 9.78 Å². The maximum atomic E-state index is 12.3. The van der Waals surface area contributed by atoms with E-state index in [-0.39, 0.29) is 17.0 Å². The Morgan fingerprint density at radius 1 is 1.24 bits per heavy atom. The van der Waals surface area contributed by atoms with E-state index in [1.165, 1.54) is 22.1 Å². The number of imidazole rings is 1. The van der Waals surface area contributed by atoms with E-state index in [9.17, 15) is 9.59 Å². The van der Waals surface area contributed by atoms with Crippen molar-refractivity contribution in [3.63, 3.8) is 0 Å². The summed E-state index contributed by atoms with van der Waals surface area (Å²) in [7, 11) is 0. The molecule has 0 bridgehead atoms. The van der Waals surface area contributed by atoms with Crippen LogP contribution >= 0.6 is 11.8 Å². The van der Waals surface area contributed by atoms with Crippen LogP contribution in [0.5, 0.6) is 0 Å². The molecule has 2 aromatic heterocycles. The van der Waals surface area contributed by atoms with Gasteiger partial charge in [0.1, 0.15) is 16.7 Å². The average molecular weight is 349 g/mol. The van der Waals surface area contributed by atoms with E-state index in [1.54, 1.807) is 6.08 Å². The number of carboxylic acids is 1. The maximum Gasteiger partial charge on any atom is 0.353 e. The van der Waals surface area contributed by atoms with Crippen LogP contribution in [-0.2, 0) is 9.59 Å². The fraction of sp³-hybridized carbons (Fsp3) is 0.0556. The summed E-state index contributed by atoms with van der Waals surface area (Å²) in [4.78, 5) is 29.3. The lowest BCUT2D eigenvalue weighted by atomic mass is 10.0. The van der Waals surface area contributed by atoms with Gasteiger partial charge in [-0.05, 0) is 29.7 Å². The van der Waals surface area contributed by atoms with Crippen LogP contribution < -0.4 is 0 Å². The fourth-order valence-corrected chi connectivity index (χ4v) is 4.35. The smallest absolute Gasteiger partial charge is 0.353 e. The standard InChI is InChI=1S/C18H11N3O3S/c22-16-12(17-21(16)14(9-25-17)18(23)24)7-11-8-20-13-4-2-1-3-10(13)5-6-15(20)19-11/h1-9,17H,(H,23,24)/t17-/m1/s1. The summed E-state index contributed by atoms with van der Waals surface area (Å²) >= 11 is 1.33. The van der Waals surface area contributed by atoms with Gasteiger partial charge in [0.25, 0.3) is 5.91 Å². The van der Waals surface area contributed by atoms with E-state index >= 15 is 0 Å². The molecule has 5 rings (SSSR count). The van der Waals surface area contributed by atoms with Crippen molar-refractivity contribution in [1.29, 1.82) is 0 Å². The lowest BCUT2D eigenvalue weighted by Gasteiger charge is -2.36. The number of rotatable bonds is 2. The largest absolute Gasteiger partial charge is 0.477 e. The number of carboxylic acid groups (broad SMARTS) is 1. The number of carbonyl (C=O) groups is 2. The average Bonchev–Trinajstić information content (AvgIpc) is 3.21. The number of hydrogen-bond donors (Lipinski definition) is 1. The highest BCUT2D eigenvalue weighted by Crippen LogP contribution is 2.45. The molecule has 25 heavy (non-hydrogen) atoms. The minimum absolute atomic E-state index is 0.0399. The number of carbonyl (C=O) groups excluding carboxylic acids is 1. The molecule has 1 fully saturated rings. The molecular formula is C18H11N3O3S. The summed E-state index contributed by atoms with van der Waals surface area (Å²) in [5.74, 6) is -1.35. The third-order valence-electron chi connectivity index (χ3n) is 4.42. The van der Waals surface area contributed by atoms with E-state index in [1.807, 2.05) is 47.0 Å². The van der Waals surface area contributed by atoms with Gasteiger partial charge < -0.3 is 5.11 Å². The van der Waals surface area contributed by atoms with Crippen molar-refractivity contribution in [2.75, 3.05) is 0 Å². The Morgan fingerprint density at radius 3 is 2.92 bits per heavy atom. The monoisotopic (exact) mass is 349 g/mol. The Kier molecular flexibility index (Phi) is 2.84. The summed E-state index contributed by atoms with van der Waals surface area (Å²) in [6, 6.07) is 12.0. The first-order valence-electron chi connectivity index (χ1n) is 7.64. The molecule has 3 aromatic rings. The molecule has 0 spiro atoms. The highest BCUT2D eigenvalue weighted by atomic mass is 32.2. The highest BCUT2D eigenvalue weighted by molar-refractivity contribution is 8.03. The van der Waals surface area contributed by atoms with Crippen LogP contribution in [0.3, 0.4) is 0 Å². The molecule has 4 heterocycles. The molecule has 0 radical (unpaired) electrons. The lowest BCUT2D eigenvalue weighted by molar-refractivity contribution is -0.141. The molecule has 1 saturated heterocycles. The van der Waals surface area contributed by atoms with E-state index in [0.29, 0.717) is 11.3 Å². The van der Waals surface area contributed by atoms with Crippen LogP contribution in [0.2, 0.25) is 0 Å². The first kappa shape index (κ1) is 14.3. The first-order valence-corrected chi connectivity index (χ1v) is 8.59. The second-order valence-corrected chi connectivity index (χ2v) is 6.81. The van der Waals surface area contributed by atoms with Crippen LogP contribution in [0.4, 0.5) is 0 Å². The number of β-lactam (4-membered cyclic amide) rings is 1. The lowest BCUT2D eigenvalue weighted by Crippen LogP contribution is -2.51. The first-order chi connectivity index (χ1) is 12.1. The van der Waals surface area contributed by atoms with Crippen molar-refractivity contribution in [2.24, 2.45) is 0 Å². The number of pyridine rings is 1. The number of hydrogen-bond acceptors (Lipinski definition) is 4. The number of nitrogens with zero attached hydrogens (tertiary/aromatic N) is 3. The number of aliphatic carboxylic acids is 1. The Morgan fingerprint density at radius 2 is 2.08 bits per heavy atom. The van der Waals surface area contributed by atoms with Crippen LogP contribution in [0, 0.1) is 0 Å².